The first kappa shape index (κ1) is 33.0. The van der Waals surface area contributed by atoms with Gasteiger partial charge in [-0.2, -0.15) is 14.0 Å². The second-order valence-corrected chi connectivity index (χ2v) is 10.4. The minimum Gasteiger partial charge on any atom is -0.429 e. The standard InChI is InChI=1S/C32H22F8N2O.C2H2/c1-2-20(31-6-5-18(14-31)16-42-31)11-21(33)7-17-3-4-23(25(34)8-17)19-9-28(37)30(29(38)10-19)32(39,40)43-22-12-26(35)24(15-41)27(36)13-22;1-2/h2-4,8-13,16,18H,5-7,14H2,1H3;1-2H/b20-2+,21-11+;/t18?,31-;/m0./s1. The van der Waals surface area contributed by atoms with Crippen molar-refractivity contribution >= 4 is 6.21 Å². The zero-order chi connectivity index (χ0) is 33.1. The molecule has 0 N–H and O–H groups in total. The zero-order valence-electron chi connectivity index (χ0n) is 23.7. The maximum atomic E-state index is 15.0. The van der Waals surface area contributed by atoms with Crippen LogP contribution in [0.3, 0.4) is 0 Å². The molecule has 1 aliphatic carbocycles. The lowest BCUT2D eigenvalue weighted by molar-refractivity contribution is -0.189. The third-order valence-corrected chi connectivity index (χ3v) is 7.65. The molecule has 2 aliphatic rings. The van der Waals surface area contributed by atoms with Gasteiger partial charge in [0.2, 0.25) is 0 Å². The number of hydrogen-bond acceptors (Lipinski definition) is 3. The van der Waals surface area contributed by atoms with Crippen molar-refractivity contribution < 1.29 is 39.9 Å². The molecule has 1 heterocycles. The number of rotatable bonds is 8. The van der Waals surface area contributed by atoms with Crippen molar-refractivity contribution in [2.24, 2.45) is 10.9 Å². The molecule has 2 bridgehead atoms. The molecule has 1 fully saturated rings. The van der Waals surface area contributed by atoms with Gasteiger partial charge in [-0.05, 0) is 73.1 Å². The van der Waals surface area contributed by atoms with Crippen LogP contribution in [0.1, 0.15) is 42.9 Å². The number of nitrogens with zero attached hydrogens (tertiary/aromatic N) is 2. The number of aliphatic imine (C=N–C) groups is 1. The van der Waals surface area contributed by atoms with Gasteiger partial charge in [0.1, 0.15) is 57.9 Å². The Hall–Kier alpha value is -4.90. The number of halogens is 8. The summed E-state index contributed by atoms with van der Waals surface area (Å²) in [4.78, 5) is 4.57. The van der Waals surface area contributed by atoms with Crippen LogP contribution in [-0.4, -0.2) is 11.8 Å². The summed E-state index contributed by atoms with van der Waals surface area (Å²) >= 11 is 0. The van der Waals surface area contributed by atoms with E-state index in [9.17, 15) is 30.7 Å². The molecule has 0 amide bonds. The zero-order valence-corrected chi connectivity index (χ0v) is 23.7. The van der Waals surface area contributed by atoms with Gasteiger partial charge in [-0.1, -0.05) is 18.2 Å². The Kier molecular flexibility index (Phi) is 9.53. The van der Waals surface area contributed by atoms with Gasteiger partial charge in [0.25, 0.3) is 0 Å². The molecule has 232 valence electrons. The fourth-order valence-electron chi connectivity index (χ4n) is 5.62. The predicted molar refractivity (Wildman–Crippen MR) is 152 cm³/mol. The second kappa shape index (κ2) is 13.0. The van der Waals surface area contributed by atoms with Crippen molar-refractivity contribution in [1.29, 1.82) is 5.26 Å². The Morgan fingerprint density at radius 1 is 1.02 bits per heavy atom. The summed E-state index contributed by atoms with van der Waals surface area (Å²) in [6.45, 7) is 1.79. The van der Waals surface area contributed by atoms with Gasteiger partial charge >= 0.3 is 6.11 Å². The Balaban J connectivity index is 0.00000226. The van der Waals surface area contributed by atoms with Crippen LogP contribution in [0.25, 0.3) is 11.1 Å². The Morgan fingerprint density at radius 2 is 1.67 bits per heavy atom. The van der Waals surface area contributed by atoms with Crippen LogP contribution in [0.15, 0.2) is 71.0 Å². The Labute approximate surface area is 254 Å². The van der Waals surface area contributed by atoms with E-state index in [1.807, 2.05) is 6.21 Å². The largest absolute Gasteiger partial charge is 0.432 e. The van der Waals surface area contributed by atoms with E-state index in [2.05, 4.69) is 22.6 Å². The molecule has 1 unspecified atom stereocenters. The number of fused-ring (bicyclic) bond motifs is 2. The quantitative estimate of drug-likeness (QED) is 0.142. The number of ether oxygens (including phenoxy) is 1. The Morgan fingerprint density at radius 3 is 2.16 bits per heavy atom. The molecule has 5 rings (SSSR count). The lowest BCUT2D eigenvalue weighted by Crippen LogP contribution is -2.25. The van der Waals surface area contributed by atoms with Crippen molar-refractivity contribution in [3.05, 3.63) is 112 Å². The number of nitriles is 1. The summed E-state index contributed by atoms with van der Waals surface area (Å²) in [6, 6.07) is 6.08. The van der Waals surface area contributed by atoms with E-state index in [1.165, 1.54) is 18.2 Å². The predicted octanol–water partition coefficient (Wildman–Crippen LogP) is 9.26. The minimum absolute atomic E-state index is 0.224. The summed E-state index contributed by atoms with van der Waals surface area (Å²) in [7, 11) is 0. The van der Waals surface area contributed by atoms with E-state index in [0.29, 0.717) is 18.1 Å². The van der Waals surface area contributed by atoms with Crippen LogP contribution in [-0.2, 0) is 12.5 Å². The number of benzene rings is 3. The topological polar surface area (TPSA) is 45.4 Å². The highest BCUT2D eigenvalue weighted by Crippen LogP contribution is 2.47. The first-order valence-corrected chi connectivity index (χ1v) is 13.5. The third-order valence-electron chi connectivity index (χ3n) is 7.65. The average molecular weight is 629 g/mol. The van der Waals surface area contributed by atoms with Crippen LogP contribution < -0.4 is 4.74 Å². The van der Waals surface area contributed by atoms with Crippen molar-refractivity contribution in [2.45, 2.75) is 44.3 Å². The van der Waals surface area contributed by atoms with Gasteiger partial charge in [-0.15, -0.1) is 12.8 Å². The minimum atomic E-state index is -4.75. The Bertz CT molecular complexity index is 1740. The lowest BCUT2D eigenvalue weighted by atomic mass is 9.88. The molecule has 0 radical (unpaired) electrons. The second-order valence-electron chi connectivity index (χ2n) is 10.4. The van der Waals surface area contributed by atoms with Crippen LogP contribution in [0, 0.1) is 59.2 Å². The van der Waals surface area contributed by atoms with Crippen molar-refractivity contribution in [3.63, 3.8) is 0 Å². The molecule has 45 heavy (non-hydrogen) atoms. The molecule has 1 saturated carbocycles. The van der Waals surface area contributed by atoms with E-state index in [4.69, 9.17) is 5.26 Å². The summed E-state index contributed by atoms with van der Waals surface area (Å²) in [5.41, 5.74) is -3.20. The van der Waals surface area contributed by atoms with Gasteiger partial charge in [0.05, 0.1) is 5.54 Å². The van der Waals surface area contributed by atoms with Crippen molar-refractivity contribution in [3.8, 4) is 35.8 Å². The molecule has 11 heteroatoms. The molecule has 1 aliphatic heterocycles. The molecule has 3 aromatic rings. The molecule has 0 spiro atoms. The number of allylic oxidation sites excluding steroid dienone is 2. The summed E-state index contributed by atoms with van der Waals surface area (Å²) < 4.78 is 121. The van der Waals surface area contributed by atoms with Crippen LogP contribution >= 0.6 is 0 Å². The van der Waals surface area contributed by atoms with Gasteiger partial charge in [0, 0.05) is 30.3 Å². The van der Waals surface area contributed by atoms with Gasteiger partial charge in [-0.3, -0.25) is 4.99 Å². The first-order chi connectivity index (χ1) is 21.4. The van der Waals surface area contributed by atoms with Crippen LogP contribution in [0.2, 0.25) is 0 Å². The maximum absolute atomic E-state index is 15.0. The fraction of sp³-hybridized carbons (Fsp3) is 0.235. The molecule has 0 saturated heterocycles. The number of terminal acetylenes is 1. The number of hydrogen-bond donors (Lipinski definition) is 0. The van der Waals surface area contributed by atoms with E-state index >= 15 is 4.39 Å². The molecule has 3 nitrogen and oxygen atoms in total. The molecule has 0 aromatic heterocycles. The first-order valence-electron chi connectivity index (χ1n) is 13.5. The van der Waals surface area contributed by atoms with E-state index in [-0.39, 0.29) is 29.7 Å². The fourth-order valence-corrected chi connectivity index (χ4v) is 5.62. The molecular weight excluding hydrogens is 604 g/mol. The highest BCUT2D eigenvalue weighted by molar-refractivity contribution is 5.68. The highest BCUT2D eigenvalue weighted by atomic mass is 19.3. The third kappa shape index (κ3) is 6.63. The monoisotopic (exact) mass is 628 g/mol. The molecular formula is C34H24F8N2O. The summed E-state index contributed by atoms with van der Waals surface area (Å²) in [5.74, 6) is -8.95. The van der Waals surface area contributed by atoms with Gasteiger partial charge in [-0.25, -0.2) is 26.3 Å². The van der Waals surface area contributed by atoms with E-state index < -0.39 is 69.0 Å². The molecule has 3 aromatic carbocycles. The average Bonchev–Trinajstić information content (AvgIpc) is 3.59. The van der Waals surface area contributed by atoms with Crippen molar-refractivity contribution in [1.82, 2.24) is 0 Å². The number of alkyl halides is 2. The maximum Gasteiger partial charge on any atom is 0.432 e. The van der Waals surface area contributed by atoms with Gasteiger partial charge in [0.15, 0.2) is 0 Å². The normalized spacial score (nSPS) is 19.2. The SMILES string of the molecule is C#C.C/C=C(\C=C(\F)Cc1ccc(-c2cc(F)c(C(F)(F)Oc3cc(F)c(C#N)c(F)c3)c(F)c2)c(F)c1)[C@@]12CCC(C=N1)C2. The van der Waals surface area contributed by atoms with Crippen LogP contribution in [0.4, 0.5) is 35.1 Å². The smallest absolute Gasteiger partial charge is 0.429 e. The lowest BCUT2D eigenvalue weighted by Gasteiger charge is -2.24. The summed E-state index contributed by atoms with van der Waals surface area (Å²) in [5, 5.41) is 8.69. The summed E-state index contributed by atoms with van der Waals surface area (Å²) in [6.07, 6.45) is 10.7. The van der Waals surface area contributed by atoms with E-state index in [0.717, 1.165) is 37.0 Å². The van der Waals surface area contributed by atoms with Gasteiger partial charge < -0.3 is 4.74 Å². The van der Waals surface area contributed by atoms with Crippen LogP contribution in [0.5, 0.6) is 5.75 Å². The van der Waals surface area contributed by atoms with E-state index in [1.54, 1.807) is 13.0 Å². The van der Waals surface area contributed by atoms with Crippen molar-refractivity contribution in [2.75, 3.05) is 0 Å². The highest BCUT2D eigenvalue weighted by Gasteiger charge is 2.44. The molecule has 2 atom stereocenters.